The summed E-state index contributed by atoms with van der Waals surface area (Å²) in [5, 5.41) is 20.3. The zero-order chi connectivity index (χ0) is 16.6. The average Bonchev–Trinajstić information content (AvgIpc) is 2.87. The second-order valence-corrected chi connectivity index (χ2v) is 5.86. The molecule has 0 saturated heterocycles. The van der Waals surface area contributed by atoms with Crippen molar-refractivity contribution in [3.05, 3.63) is 35.5 Å². The highest BCUT2D eigenvalue weighted by Crippen LogP contribution is 2.38. The second-order valence-electron chi connectivity index (χ2n) is 5.45. The minimum Gasteiger partial charge on any atom is -0.508 e. The first-order valence-corrected chi connectivity index (χ1v) is 7.99. The van der Waals surface area contributed by atoms with Gasteiger partial charge in [-0.2, -0.15) is 4.98 Å². The Morgan fingerprint density at radius 1 is 1.13 bits per heavy atom. The van der Waals surface area contributed by atoms with Gasteiger partial charge in [-0.3, -0.25) is 4.57 Å². The molecule has 23 heavy (non-hydrogen) atoms. The fourth-order valence-electron chi connectivity index (χ4n) is 2.93. The topological polar surface area (TPSA) is 71.2 Å². The van der Waals surface area contributed by atoms with Gasteiger partial charge in [0.1, 0.15) is 11.3 Å². The summed E-state index contributed by atoms with van der Waals surface area (Å²) in [6.45, 7) is 4.13. The van der Waals surface area contributed by atoms with E-state index in [1.807, 2.05) is 0 Å². The molecule has 2 N–H and O–H groups in total. The van der Waals surface area contributed by atoms with Gasteiger partial charge in [0.2, 0.25) is 0 Å². The summed E-state index contributed by atoms with van der Waals surface area (Å²) in [6.07, 6.45) is 3.25. The van der Waals surface area contributed by atoms with E-state index in [0.717, 1.165) is 29.5 Å². The first-order valence-electron chi connectivity index (χ1n) is 7.61. The standard InChI is InChI=1S/C17H18ClN3O2/c1-3-11(4-2)21-15-14(10-5-7-12(22)8-6-10)13(18)9-19-16(15)20-17(21)23/h5-9,11,22H,3-4H2,1-2H3,(H,19,20,23). The lowest BCUT2D eigenvalue weighted by atomic mass is 10.0. The maximum atomic E-state index is 10.3. The van der Waals surface area contributed by atoms with Gasteiger partial charge in [0.05, 0.1) is 5.02 Å². The molecule has 2 aromatic heterocycles. The average molecular weight is 332 g/mol. The first-order chi connectivity index (χ1) is 11.1. The molecule has 3 aromatic rings. The smallest absolute Gasteiger partial charge is 0.296 e. The molecule has 0 saturated carbocycles. The Kier molecular flexibility index (Phi) is 4.13. The van der Waals surface area contributed by atoms with Gasteiger partial charge in [0.25, 0.3) is 6.01 Å². The Hall–Kier alpha value is -2.27. The van der Waals surface area contributed by atoms with E-state index in [4.69, 9.17) is 11.6 Å². The number of halogens is 1. The van der Waals surface area contributed by atoms with Crippen molar-refractivity contribution in [2.45, 2.75) is 32.7 Å². The van der Waals surface area contributed by atoms with Crippen molar-refractivity contribution in [2.75, 3.05) is 0 Å². The molecule has 0 amide bonds. The number of benzene rings is 1. The van der Waals surface area contributed by atoms with Crippen molar-refractivity contribution in [3.63, 3.8) is 0 Å². The van der Waals surface area contributed by atoms with Gasteiger partial charge in [-0.1, -0.05) is 37.6 Å². The monoisotopic (exact) mass is 331 g/mol. The third kappa shape index (κ3) is 2.61. The van der Waals surface area contributed by atoms with E-state index in [2.05, 4.69) is 23.8 Å². The Balaban J connectivity index is 2.36. The number of aromatic hydroxyl groups is 2. The Bertz CT molecular complexity index is 839. The number of imidazole rings is 1. The minimum absolute atomic E-state index is 0.0523. The van der Waals surface area contributed by atoms with Gasteiger partial charge in [0, 0.05) is 17.8 Å². The summed E-state index contributed by atoms with van der Waals surface area (Å²) in [6, 6.07) is 6.85. The lowest BCUT2D eigenvalue weighted by Crippen LogP contribution is -2.07. The predicted octanol–water partition coefficient (Wildman–Crippen LogP) is 4.52. The summed E-state index contributed by atoms with van der Waals surface area (Å²) in [5.74, 6) is 0.187. The van der Waals surface area contributed by atoms with Crippen LogP contribution < -0.4 is 0 Å². The molecule has 0 atom stereocenters. The number of aromatic nitrogens is 3. The molecule has 3 rings (SSSR count). The lowest BCUT2D eigenvalue weighted by molar-refractivity contribution is 0.362. The largest absolute Gasteiger partial charge is 0.508 e. The third-order valence-electron chi connectivity index (χ3n) is 4.11. The number of phenols is 1. The molecular weight excluding hydrogens is 314 g/mol. The van der Waals surface area contributed by atoms with E-state index in [1.165, 1.54) is 6.20 Å². The normalized spacial score (nSPS) is 11.5. The number of rotatable bonds is 4. The number of hydrogen-bond donors (Lipinski definition) is 2. The van der Waals surface area contributed by atoms with Crippen LogP contribution in [0.5, 0.6) is 11.8 Å². The molecule has 5 nitrogen and oxygen atoms in total. The number of phenolic OH excluding ortho intramolecular Hbond substituents is 1. The molecule has 0 bridgehead atoms. The Morgan fingerprint density at radius 3 is 2.39 bits per heavy atom. The number of nitrogens with zero attached hydrogens (tertiary/aromatic N) is 3. The van der Waals surface area contributed by atoms with Gasteiger partial charge >= 0.3 is 0 Å². The third-order valence-corrected chi connectivity index (χ3v) is 4.40. The van der Waals surface area contributed by atoms with Crippen LogP contribution in [-0.4, -0.2) is 24.7 Å². The molecule has 0 unspecified atom stereocenters. The second kappa shape index (κ2) is 6.08. The molecule has 6 heteroatoms. The predicted molar refractivity (Wildman–Crippen MR) is 90.9 cm³/mol. The van der Waals surface area contributed by atoms with Crippen molar-refractivity contribution in [1.82, 2.24) is 14.5 Å². The van der Waals surface area contributed by atoms with Gasteiger partial charge in [-0.05, 0) is 30.5 Å². The molecule has 1 aromatic carbocycles. The number of fused-ring (bicyclic) bond motifs is 1. The van der Waals surface area contributed by atoms with E-state index in [1.54, 1.807) is 28.8 Å². The van der Waals surface area contributed by atoms with Crippen LogP contribution in [0.25, 0.3) is 22.3 Å². The van der Waals surface area contributed by atoms with E-state index in [-0.39, 0.29) is 17.8 Å². The van der Waals surface area contributed by atoms with Crippen LogP contribution >= 0.6 is 11.6 Å². The van der Waals surface area contributed by atoms with Crippen molar-refractivity contribution < 1.29 is 10.2 Å². The lowest BCUT2D eigenvalue weighted by Gasteiger charge is -2.18. The van der Waals surface area contributed by atoms with E-state index in [0.29, 0.717) is 10.7 Å². The fraction of sp³-hybridized carbons (Fsp3) is 0.294. The highest BCUT2D eigenvalue weighted by Gasteiger charge is 2.22. The number of pyridine rings is 1. The van der Waals surface area contributed by atoms with Crippen LogP contribution in [0.2, 0.25) is 5.02 Å². The molecule has 120 valence electrons. The van der Waals surface area contributed by atoms with Gasteiger partial charge < -0.3 is 10.2 Å². The quantitative estimate of drug-likeness (QED) is 0.737. The van der Waals surface area contributed by atoms with E-state index < -0.39 is 0 Å². The van der Waals surface area contributed by atoms with Crippen molar-refractivity contribution in [1.29, 1.82) is 0 Å². The molecule has 0 aliphatic rings. The zero-order valence-electron chi connectivity index (χ0n) is 13.0. The molecular formula is C17H18ClN3O2. The van der Waals surface area contributed by atoms with Crippen LogP contribution in [0.3, 0.4) is 0 Å². The van der Waals surface area contributed by atoms with Crippen molar-refractivity contribution >= 4 is 22.8 Å². The van der Waals surface area contributed by atoms with Crippen LogP contribution in [0.15, 0.2) is 30.5 Å². The maximum absolute atomic E-state index is 10.3. The summed E-state index contributed by atoms with van der Waals surface area (Å²) in [4.78, 5) is 8.42. The van der Waals surface area contributed by atoms with E-state index >= 15 is 0 Å². The maximum Gasteiger partial charge on any atom is 0.296 e. The van der Waals surface area contributed by atoms with E-state index in [9.17, 15) is 10.2 Å². The van der Waals surface area contributed by atoms with Gasteiger partial charge in [-0.25, -0.2) is 4.98 Å². The van der Waals surface area contributed by atoms with Gasteiger partial charge in [0.15, 0.2) is 5.65 Å². The highest BCUT2D eigenvalue weighted by atomic mass is 35.5. The SMILES string of the molecule is CCC(CC)n1c(O)nc2ncc(Cl)c(-c3ccc(O)cc3)c21. The molecule has 0 spiro atoms. The number of hydrogen-bond acceptors (Lipinski definition) is 4. The molecule has 0 radical (unpaired) electrons. The summed E-state index contributed by atoms with van der Waals surface area (Å²) < 4.78 is 1.80. The Morgan fingerprint density at radius 2 is 1.78 bits per heavy atom. The van der Waals surface area contributed by atoms with Crippen LogP contribution in [0.1, 0.15) is 32.7 Å². The van der Waals surface area contributed by atoms with Crippen molar-refractivity contribution in [3.8, 4) is 22.9 Å². The molecule has 0 fully saturated rings. The molecule has 2 heterocycles. The van der Waals surface area contributed by atoms with Crippen LogP contribution in [0, 0.1) is 0 Å². The minimum atomic E-state index is -0.0523. The molecule has 0 aliphatic heterocycles. The zero-order valence-corrected chi connectivity index (χ0v) is 13.7. The summed E-state index contributed by atoms with van der Waals surface area (Å²) in [5.41, 5.74) is 2.78. The summed E-state index contributed by atoms with van der Waals surface area (Å²) in [7, 11) is 0. The van der Waals surface area contributed by atoms with Crippen LogP contribution in [-0.2, 0) is 0 Å². The van der Waals surface area contributed by atoms with Gasteiger partial charge in [-0.15, -0.1) is 0 Å². The van der Waals surface area contributed by atoms with Crippen molar-refractivity contribution in [2.24, 2.45) is 0 Å². The Labute approximate surface area is 139 Å². The highest BCUT2D eigenvalue weighted by molar-refractivity contribution is 6.34. The van der Waals surface area contributed by atoms with Crippen LogP contribution in [0.4, 0.5) is 0 Å². The first kappa shape index (κ1) is 15.6. The summed E-state index contributed by atoms with van der Waals surface area (Å²) >= 11 is 6.40. The molecule has 0 aliphatic carbocycles. The fourth-order valence-corrected chi connectivity index (χ4v) is 3.18.